The lowest BCUT2D eigenvalue weighted by molar-refractivity contribution is 0.194. The molecule has 0 spiro atoms. The van der Waals surface area contributed by atoms with Crippen molar-refractivity contribution in [3.63, 3.8) is 0 Å². The van der Waals surface area contributed by atoms with Crippen molar-refractivity contribution in [2.24, 2.45) is 11.8 Å². The van der Waals surface area contributed by atoms with E-state index in [2.05, 4.69) is 45.6 Å². The lowest BCUT2D eigenvalue weighted by Gasteiger charge is -2.09. The Morgan fingerprint density at radius 2 is 1.72 bits per heavy atom. The van der Waals surface area contributed by atoms with Crippen molar-refractivity contribution in [3.05, 3.63) is 37.0 Å². The van der Waals surface area contributed by atoms with E-state index in [-0.39, 0.29) is 0 Å². The van der Waals surface area contributed by atoms with E-state index in [1.165, 1.54) is 25.7 Å². The highest BCUT2D eigenvalue weighted by atomic mass is 16.5. The first-order chi connectivity index (χ1) is 8.66. The second kappa shape index (κ2) is 12.6. The van der Waals surface area contributed by atoms with E-state index in [1.54, 1.807) is 6.08 Å². The molecule has 0 aromatic heterocycles. The molecule has 0 heterocycles. The summed E-state index contributed by atoms with van der Waals surface area (Å²) in [5, 5.41) is 0. The standard InChI is InChI=1S/C17H30O/c1-5-14-18-15-9-7-6-8-12-17(4)13-10-11-16(2)3/h5-9,16-17H,1,10-15H2,2-4H3/b8-6+,9-7+. The van der Waals surface area contributed by atoms with Crippen molar-refractivity contribution in [1.29, 1.82) is 0 Å². The first kappa shape index (κ1) is 17.2. The van der Waals surface area contributed by atoms with Gasteiger partial charge in [-0.3, -0.25) is 0 Å². The molecule has 0 aliphatic rings. The van der Waals surface area contributed by atoms with Gasteiger partial charge in [0.1, 0.15) is 0 Å². The fourth-order valence-corrected chi connectivity index (χ4v) is 1.74. The van der Waals surface area contributed by atoms with E-state index in [0.717, 1.165) is 11.8 Å². The third-order valence-electron chi connectivity index (χ3n) is 2.85. The summed E-state index contributed by atoms with van der Waals surface area (Å²) in [6.45, 7) is 11.8. The average molecular weight is 250 g/mol. The fourth-order valence-electron chi connectivity index (χ4n) is 1.74. The third kappa shape index (κ3) is 13.2. The topological polar surface area (TPSA) is 9.23 Å². The molecule has 0 saturated carbocycles. The predicted molar refractivity (Wildman–Crippen MR) is 81.8 cm³/mol. The third-order valence-corrected chi connectivity index (χ3v) is 2.85. The van der Waals surface area contributed by atoms with Crippen molar-refractivity contribution in [2.75, 3.05) is 13.2 Å². The smallest absolute Gasteiger partial charge is 0.0654 e. The van der Waals surface area contributed by atoms with Crippen molar-refractivity contribution in [3.8, 4) is 0 Å². The lowest BCUT2D eigenvalue weighted by Crippen LogP contribution is -1.95. The molecule has 1 heteroatoms. The van der Waals surface area contributed by atoms with E-state index >= 15 is 0 Å². The molecule has 0 aromatic carbocycles. The van der Waals surface area contributed by atoms with E-state index in [0.29, 0.717) is 13.2 Å². The quantitative estimate of drug-likeness (QED) is 0.280. The SMILES string of the molecule is C=CCOC/C=C/C=C/CC(C)CCCC(C)C. The van der Waals surface area contributed by atoms with Gasteiger partial charge in [0.25, 0.3) is 0 Å². The maximum Gasteiger partial charge on any atom is 0.0654 e. The molecule has 0 radical (unpaired) electrons. The first-order valence-corrected chi connectivity index (χ1v) is 7.17. The van der Waals surface area contributed by atoms with Gasteiger partial charge in [0, 0.05) is 0 Å². The summed E-state index contributed by atoms with van der Waals surface area (Å²) in [6.07, 6.45) is 15.5. The lowest BCUT2D eigenvalue weighted by atomic mass is 9.97. The van der Waals surface area contributed by atoms with Crippen LogP contribution in [0.5, 0.6) is 0 Å². The van der Waals surface area contributed by atoms with Crippen LogP contribution in [0, 0.1) is 11.8 Å². The van der Waals surface area contributed by atoms with Crippen LogP contribution in [0.1, 0.15) is 46.5 Å². The van der Waals surface area contributed by atoms with Crippen molar-refractivity contribution >= 4 is 0 Å². The molecule has 0 saturated heterocycles. The molecule has 0 rings (SSSR count). The zero-order chi connectivity index (χ0) is 13.6. The molecular weight excluding hydrogens is 220 g/mol. The molecule has 18 heavy (non-hydrogen) atoms. The molecular formula is C17H30O. The summed E-state index contributed by atoms with van der Waals surface area (Å²) in [5.74, 6) is 1.64. The molecule has 0 bridgehead atoms. The van der Waals surface area contributed by atoms with Gasteiger partial charge < -0.3 is 4.74 Å². The van der Waals surface area contributed by atoms with Gasteiger partial charge in [-0.1, -0.05) is 70.4 Å². The second-order valence-electron chi connectivity index (χ2n) is 5.35. The van der Waals surface area contributed by atoms with Crippen LogP contribution in [0.3, 0.4) is 0 Å². The van der Waals surface area contributed by atoms with Crippen LogP contribution in [0.2, 0.25) is 0 Å². The van der Waals surface area contributed by atoms with Crippen LogP contribution < -0.4 is 0 Å². The van der Waals surface area contributed by atoms with Crippen LogP contribution in [-0.4, -0.2) is 13.2 Å². The minimum Gasteiger partial charge on any atom is -0.373 e. The molecule has 0 amide bonds. The van der Waals surface area contributed by atoms with Gasteiger partial charge in [-0.25, -0.2) is 0 Å². The highest BCUT2D eigenvalue weighted by molar-refractivity contribution is 5.02. The van der Waals surface area contributed by atoms with E-state index in [9.17, 15) is 0 Å². The minimum absolute atomic E-state index is 0.626. The Hall–Kier alpha value is -0.820. The highest BCUT2D eigenvalue weighted by Crippen LogP contribution is 2.15. The molecule has 1 nitrogen and oxygen atoms in total. The maximum atomic E-state index is 5.25. The zero-order valence-electron chi connectivity index (χ0n) is 12.4. The Morgan fingerprint density at radius 1 is 1.00 bits per heavy atom. The Labute approximate surface area is 114 Å². The van der Waals surface area contributed by atoms with Crippen LogP contribution in [0.15, 0.2) is 37.0 Å². The molecule has 0 aliphatic heterocycles. The summed E-state index contributed by atoms with van der Waals surface area (Å²) in [4.78, 5) is 0. The van der Waals surface area contributed by atoms with Crippen LogP contribution in [-0.2, 0) is 4.74 Å². The number of hydrogen-bond donors (Lipinski definition) is 0. The van der Waals surface area contributed by atoms with Crippen LogP contribution >= 0.6 is 0 Å². The molecule has 1 atom stereocenters. The number of allylic oxidation sites excluding steroid dienone is 3. The predicted octanol–water partition coefficient (Wildman–Crippen LogP) is 5.15. The van der Waals surface area contributed by atoms with Crippen LogP contribution in [0.4, 0.5) is 0 Å². The summed E-state index contributed by atoms with van der Waals surface area (Å²) in [7, 11) is 0. The molecule has 0 N–H and O–H groups in total. The number of rotatable bonds is 11. The van der Waals surface area contributed by atoms with Crippen molar-refractivity contribution < 1.29 is 4.74 Å². The summed E-state index contributed by atoms with van der Waals surface area (Å²) >= 11 is 0. The van der Waals surface area contributed by atoms with E-state index in [1.807, 2.05) is 6.08 Å². The van der Waals surface area contributed by atoms with E-state index in [4.69, 9.17) is 4.74 Å². The zero-order valence-corrected chi connectivity index (χ0v) is 12.4. The second-order valence-corrected chi connectivity index (χ2v) is 5.35. The average Bonchev–Trinajstić information content (AvgIpc) is 2.32. The van der Waals surface area contributed by atoms with Crippen LogP contribution in [0.25, 0.3) is 0 Å². The Morgan fingerprint density at radius 3 is 2.39 bits per heavy atom. The summed E-state index contributed by atoms with van der Waals surface area (Å²) in [5.41, 5.74) is 0. The monoisotopic (exact) mass is 250 g/mol. The largest absolute Gasteiger partial charge is 0.373 e. The summed E-state index contributed by atoms with van der Waals surface area (Å²) < 4.78 is 5.25. The fraction of sp³-hybridized carbons (Fsp3) is 0.647. The number of hydrogen-bond acceptors (Lipinski definition) is 1. The molecule has 104 valence electrons. The molecule has 0 fully saturated rings. The van der Waals surface area contributed by atoms with Gasteiger partial charge in [0.2, 0.25) is 0 Å². The van der Waals surface area contributed by atoms with Crippen molar-refractivity contribution in [2.45, 2.75) is 46.5 Å². The van der Waals surface area contributed by atoms with Gasteiger partial charge in [-0.05, 0) is 18.3 Å². The minimum atomic E-state index is 0.626. The Bertz CT molecular complexity index is 238. The maximum absolute atomic E-state index is 5.25. The van der Waals surface area contributed by atoms with Gasteiger partial charge in [0.05, 0.1) is 13.2 Å². The Balaban J connectivity index is 3.46. The highest BCUT2D eigenvalue weighted by Gasteiger charge is 2.00. The van der Waals surface area contributed by atoms with E-state index < -0.39 is 0 Å². The van der Waals surface area contributed by atoms with Gasteiger partial charge in [-0.15, -0.1) is 6.58 Å². The molecule has 1 unspecified atom stereocenters. The van der Waals surface area contributed by atoms with Gasteiger partial charge >= 0.3 is 0 Å². The van der Waals surface area contributed by atoms with Gasteiger partial charge in [0.15, 0.2) is 0 Å². The number of ether oxygens (including phenoxy) is 1. The summed E-state index contributed by atoms with van der Waals surface area (Å²) in [6, 6.07) is 0. The molecule has 0 aliphatic carbocycles. The van der Waals surface area contributed by atoms with Crippen molar-refractivity contribution in [1.82, 2.24) is 0 Å². The normalized spacial score (nSPS) is 13.8. The molecule has 0 aromatic rings. The Kier molecular flexibility index (Phi) is 12.1. The first-order valence-electron chi connectivity index (χ1n) is 7.17. The van der Waals surface area contributed by atoms with Gasteiger partial charge in [-0.2, -0.15) is 0 Å².